The van der Waals surface area contributed by atoms with Crippen molar-refractivity contribution in [1.29, 1.82) is 0 Å². The quantitative estimate of drug-likeness (QED) is 0.799. The van der Waals surface area contributed by atoms with Crippen LogP contribution in [0, 0.1) is 0 Å². The van der Waals surface area contributed by atoms with E-state index in [-0.39, 0.29) is 0 Å². The summed E-state index contributed by atoms with van der Waals surface area (Å²) in [7, 11) is 0. The van der Waals surface area contributed by atoms with Gasteiger partial charge in [0.15, 0.2) is 0 Å². The lowest BCUT2D eigenvalue weighted by Gasteiger charge is -2.14. The smallest absolute Gasteiger partial charge is 0.127 e. The summed E-state index contributed by atoms with van der Waals surface area (Å²) in [5.41, 5.74) is 7.23. The predicted octanol–water partition coefficient (Wildman–Crippen LogP) is 3.89. The summed E-state index contributed by atoms with van der Waals surface area (Å²) < 4.78 is 5.74. The molecule has 1 atom stereocenters. The molecule has 3 nitrogen and oxygen atoms in total. The van der Waals surface area contributed by atoms with E-state index in [1.165, 1.54) is 0 Å². The number of para-hydroxylation sites is 1. The number of anilines is 1. The Morgan fingerprint density at radius 1 is 1.11 bits per heavy atom. The van der Waals surface area contributed by atoms with E-state index in [0.29, 0.717) is 17.9 Å². The van der Waals surface area contributed by atoms with Gasteiger partial charge in [0, 0.05) is 11.3 Å². The second kappa shape index (κ2) is 6.25. The van der Waals surface area contributed by atoms with E-state index in [1.54, 1.807) is 6.07 Å². The highest BCUT2D eigenvalue weighted by Gasteiger charge is 2.11. The van der Waals surface area contributed by atoms with E-state index in [9.17, 15) is 5.11 Å². The number of hydrogen-bond acceptors (Lipinski definition) is 3. The fourth-order valence-electron chi connectivity index (χ4n) is 1.96. The Morgan fingerprint density at radius 2 is 1.84 bits per heavy atom. The number of hydrogen-bond donors (Lipinski definition) is 2. The van der Waals surface area contributed by atoms with Crippen molar-refractivity contribution in [2.24, 2.45) is 0 Å². The van der Waals surface area contributed by atoms with E-state index >= 15 is 0 Å². The van der Waals surface area contributed by atoms with Gasteiger partial charge >= 0.3 is 0 Å². The zero-order valence-corrected chi connectivity index (χ0v) is 11.0. The average Bonchev–Trinajstić information content (AvgIpc) is 2.42. The van der Waals surface area contributed by atoms with Crippen LogP contribution in [0.4, 0.5) is 5.69 Å². The molecule has 0 amide bonds. The number of rotatable bonds is 5. The lowest BCUT2D eigenvalue weighted by molar-refractivity contribution is 0.167. The molecule has 0 bridgehead atoms. The van der Waals surface area contributed by atoms with E-state index in [4.69, 9.17) is 10.5 Å². The van der Waals surface area contributed by atoms with Crippen molar-refractivity contribution in [3.05, 3.63) is 54.1 Å². The van der Waals surface area contributed by atoms with Crippen LogP contribution in [0.25, 0.3) is 0 Å². The molecule has 1 unspecified atom stereocenters. The molecule has 0 aliphatic carbocycles. The Balaban J connectivity index is 2.21. The van der Waals surface area contributed by atoms with Gasteiger partial charge in [0.25, 0.3) is 0 Å². The minimum atomic E-state index is -0.538. The van der Waals surface area contributed by atoms with Crippen molar-refractivity contribution in [1.82, 2.24) is 0 Å². The van der Waals surface area contributed by atoms with Crippen LogP contribution in [-0.4, -0.2) is 5.11 Å². The summed E-state index contributed by atoms with van der Waals surface area (Å²) in [5, 5.41) is 10.1. The fraction of sp³-hybridized carbons (Fsp3) is 0.250. The van der Waals surface area contributed by atoms with E-state index in [1.807, 2.05) is 49.4 Å². The molecule has 3 heteroatoms. The lowest BCUT2D eigenvalue weighted by atomic mass is 10.0. The minimum absolute atomic E-state index is 0.538. The van der Waals surface area contributed by atoms with Crippen molar-refractivity contribution in [3.8, 4) is 11.5 Å². The summed E-state index contributed by atoms with van der Waals surface area (Å²) in [6, 6.07) is 14.9. The van der Waals surface area contributed by atoms with Gasteiger partial charge in [-0.3, -0.25) is 0 Å². The number of benzene rings is 2. The molecule has 0 aliphatic rings. The van der Waals surface area contributed by atoms with Crippen molar-refractivity contribution in [2.75, 3.05) is 5.73 Å². The Hall–Kier alpha value is -2.00. The summed E-state index contributed by atoms with van der Waals surface area (Å²) >= 11 is 0. The third-order valence-electron chi connectivity index (χ3n) is 2.96. The monoisotopic (exact) mass is 257 g/mol. The van der Waals surface area contributed by atoms with Gasteiger partial charge in [-0.05, 0) is 36.8 Å². The van der Waals surface area contributed by atoms with Crippen molar-refractivity contribution >= 4 is 5.69 Å². The van der Waals surface area contributed by atoms with Crippen LogP contribution >= 0.6 is 0 Å². The molecule has 3 N–H and O–H groups in total. The number of nitrogens with two attached hydrogens (primary N) is 1. The Labute approximate surface area is 113 Å². The molecule has 0 aliphatic heterocycles. The number of nitrogen functional groups attached to an aromatic ring is 1. The first kappa shape index (κ1) is 13.4. The number of aliphatic hydroxyl groups excluding tert-OH is 1. The van der Waals surface area contributed by atoms with Crippen molar-refractivity contribution in [3.63, 3.8) is 0 Å². The second-order valence-electron chi connectivity index (χ2n) is 4.51. The molecule has 0 fully saturated rings. The third-order valence-corrected chi connectivity index (χ3v) is 2.96. The van der Waals surface area contributed by atoms with Gasteiger partial charge in [-0.2, -0.15) is 0 Å². The Kier molecular flexibility index (Phi) is 4.42. The first-order chi connectivity index (χ1) is 9.20. The highest BCUT2D eigenvalue weighted by atomic mass is 16.5. The summed E-state index contributed by atoms with van der Waals surface area (Å²) in [4.78, 5) is 0. The van der Waals surface area contributed by atoms with Gasteiger partial charge in [-0.1, -0.05) is 31.5 Å². The lowest BCUT2D eigenvalue weighted by Crippen LogP contribution is -2.02. The Bertz CT molecular complexity index is 526. The van der Waals surface area contributed by atoms with E-state index < -0.39 is 6.10 Å². The fourth-order valence-corrected chi connectivity index (χ4v) is 1.96. The summed E-state index contributed by atoms with van der Waals surface area (Å²) in [6.07, 6.45) is 1.06. The molecule has 0 saturated heterocycles. The minimum Gasteiger partial charge on any atom is -0.457 e. The normalized spacial score (nSPS) is 12.1. The standard InChI is InChI=1S/C16H19NO2/c1-2-6-16(18)14-11-13(9-10-15(14)17)19-12-7-4-3-5-8-12/h3-5,7-11,16,18H,2,6,17H2,1H3. The molecule has 2 aromatic carbocycles. The van der Waals surface area contributed by atoms with Crippen LogP contribution in [-0.2, 0) is 0 Å². The maximum Gasteiger partial charge on any atom is 0.127 e. The maximum atomic E-state index is 10.1. The van der Waals surface area contributed by atoms with E-state index in [0.717, 1.165) is 17.7 Å². The van der Waals surface area contributed by atoms with Gasteiger partial charge in [-0.15, -0.1) is 0 Å². The van der Waals surface area contributed by atoms with Crippen molar-refractivity contribution < 1.29 is 9.84 Å². The molecular weight excluding hydrogens is 238 g/mol. The summed E-state index contributed by atoms with van der Waals surface area (Å²) in [5.74, 6) is 1.45. The molecule has 19 heavy (non-hydrogen) atoms. The zero-order chi connectivity index (χ0) is 13.7. The van der Waals surface area contributed by atoms with Gasteiger partial charge in [-0.25, -0.2) is 0 Å². The van der Waals surface area contributed by atoms with Gasteiger partial charge < -0.3 is 15.6 Å². The first-order valence-electron chi connectivity index (χ1n) is 6.51. The van der Waals surface area contributed by atoms with Gasteiger partial charge in [0.05, 0.1) is 6.10 Å². The van der Waals surface area contributed by atoms with Crippen LogP contribution in [0.5, 0.6) is 11.5 Å². The predicted molar refractivity (Wildman–Crippen MR) is 77.2 cm³/mol. The summed E-state index contributed by atoms with van der Waals surface area (Å²) in [6.45, 7) is 2.03. The third kappa shape index (κ3) is 3.48. The maximum absolute atomic E-state index is 10.1. The van der Waals surface area contributed by atoms with E-state index in [2.05, 4.69) is 0 Å². The molecule has 0 spiro atoms. The zero-order valence-electron chi connectivity index (χ0n) is 11.0. The average molecular weight is 257 g/mol. The molecule has 0 saturated carbocycles. The highest BCUT2D eigenvalue weighted by molar-refractivity contribution is 5.52. The topological polar surface area (TPSA) is 55.5 Å². The van der Waals surface area contributed by atoms with Gasteiger partial charge in [0.2, 0.25) is 0 Å². The molecule has 100 valence electrons. The van der Waals surface area contributed by atoms with Crippen LogP contribution < -0.4 is 10.5 Å². The molecule has 0 heterocycles. The van der Waals surface area contributed by atoms with Crippen LogP contribution in [0.3, 0.4) is 0 Å². The van der Waals surface area contributed by atoms with Crippen LogP contribution in [0.1, 0.15) is 31.4 Å². The van der Waals surface area contributed by atoms with Gasteiger partial charge in [0.1, 0.15) is 11.5 Å². The first-order valence-corrected chi connectivity index (χ1v) is 6.51. The Morgan fingerprint density at radius 3 is 2.53 bits per heavy atom. The van der Waals surface area contributed by atoms with Crippen LogP contribution in [0.2, 0.25) is 0 Å². The number of aliphatic hydroxyl groups is 1. The van der Waals surface area contributed by atoms with Crippen molar-refractivity contribution in [2.45, 2.75) is 25.9 Å². The largest absolute Gasteiger partial charge is 0.457 e. The SMILES string of the molecule is CCCC(O)c1cc(Oc2ccccc2)ccc1N. The van der Waals surface area contributed by atoms with Crippen LogP contribution in [0.15, 0.2) is 48.5 Å². The molecular formula is C16H19NO2. The molecule has 2 rings (SSSR count). The molecule has 0 aromatic heterocycles. The highest BCUT2D eigenvalue weighted by Crippen LogP contribution is 2.30. The molecule has 2 aromatic rings. The second-order valence-corrected chi connectivity index (χ2v) is 4.51. The number of ether oxygens (including phenoxy) is 1. The molecule has 0 radical (unpaired) electrons.